The van der Waals surface area contributed by atoms with Crippen LogP contribution in [0.3, 0.4) is 0 Å². The predicted octanol–water partition coefficient (Wildman–Crippen LogP) is 2.16. The first-order valence-corrected chi connectivity index (χ1v) is 9.89. The predicted molar refractivity (Wildman–Crippen MR) is 98.7 cm³/mol. The van der Waals surface area contributed by atoms with Gasteiger partial charge in [0, 0.05) is 31.7 Å². The Kier molecular flexibility index (Phi) is 5.02. The number of sulfonamides is 1. The van der Waals surface area contributed by atoms with Crippen LogP contribution in [-0.4, -0.2) is 54.8 Å². The summed E-state index contributed by atoms with van der Waals surface area (Å²) in [7, 11) is -3.58. The third-order valence-corrected chi connectivity index (χ3v) is 6.62. The number of aryl methyl sites for hydroxylation is 2. The van der Waals surface area contributed by atoms with Gasteiger partial charge in [-0.2, -0.15) is 4.31 Å². The van der Waals surface area contributed by atoms with Crippen LogP contribution in [0.25, 0.3) is 0 Å². The normalized spacial score (nSPS) is 15.8. The second kappa shape index (κ2) is 7.09. The van der Waals surface area contributed by atoms with Gasteiger partial charge in [0.15, 0.2) is 0 Å². The molecule has 1 saturated heterocycles. The third kappa shape index (κ3) is 3.59. The van der Waals surface area contributed by atoms with Crippen LogP contribution >= 0.6 is 0 Å². The summed E-state index contributed by atoms with van der Waals surface area (Å²) >= 11 is 0. The standard InChI is InChI=1S/C19H22N2O4S/c1-14-6-7-15(2)18(12-14)26(24,25)21-10-8-20(9-11-21)19(23)16-4-3-5-17(22)13-16/h3-7,12-13,22H,8-11H2,1-2H3. The molecule has 26 heavy (non-hydrogen) atoms. The van der Waals surface area contributed by atoms with Gasteiger partial charge in [0.2, 0.25) is 10.0 Å². The molecule has 1 amide bonds. The van der Waals surface area contributed by atoms with Crippen molar-refractivity contribution in [3.8, 4) is 5.75 Å². The van der Waals surface area contributed by atoms with E-state index in [-0.39, 0.29) is 24.7 Å². The molecule has 0 spiro atoms. The zero-order chi connectivity index (χ0) is 18.9. The van der Waals surface area contributed by atoms with E-state index < -0.39 is 10.0 Å². The number of aromatic hydroxyl groups is 1. The van der Waals surface area contributed by atoms with Gasteiger partial charge in [0.05, 0.1) is 4.90 Å². The van der Waals surface area contributed by atoms with Gasteiger partial charge in [-0.05, 0) is 49.2 Å². The topological polar surface area (TPSA) is 77.9 Å². The summed E-state index contributed by atoms with van der Waals surface area (Å²) in [4.78, 5) is 14.5. The molecule has 0 atom stereocenters. The van der Waals surface area contributed by atoms with Crippen LogP contribution in [0.1, 0.15) is 21.5 Å². The van der Waals surface area contributed by atoms with Gasteiger partial charge in [-0.1, -0.05) is 18.2 Å². The van der Waals surface area contributed by atoms with Crippen molar-refractivity contribution >= 4 is 15.9 Å². The van der Waals surface area contributed by atoms with Crippen molar-refractivity contribution in [2.45, 2.75) is 18.7 Å². The van der Waals surface area contributed by atoms with Crippen molar-refractivity contribution in [1.82, 2.24) is 9.21 Å². The van der Waals surface area contributed by atoms with Crippen molar-refractivity contribution in [3.63, 3.8) is 0 Å². The van der Waals surface area contributed by atoms with Crippen LogP contribution in [0.2, 0.25) is 0 Å². The van der Waals surface area contributed by atoms with Crippen molar-refractivity contribution in [2.24, 2.45) is 0 Å². The first kappa shape index (κ1) is 18.4. The fourth-order valence-electron chi connectivity index (χ4n) is 3.08. The molecule has 7 heteroatoms. The van der Waals surface area contributed by atoms with Crippen LogP contribution in [0.5, 0.6) is 5.75 Å². The molecule has 1 fully saturated rings. The molecule has 3 rings (SSSR count). The fraction of sp³-hybridized carbons (Fsp3) is 0.316. The van der Waals surface area contributed by atoms with Gasteiger partial charge in [-0.15, -0.1) is 0 Å². The van der Waals surface area contributed by atoms with Crippen LogP contribution in [0.15, 0.2) is 47.4 Å². The number of carbonyl (C=O) groups excluding carboxylic acids is 1. The van der Waals surface area contributed by atoms with Gasteiger partial charge in [0.25, 0.3) is 5.91 Å². The van der Waals surface area contributed by atoms with E-state index in [0.29, 0.717) is 29.1 Å². The molecule has 1 N–H and O–H groups in total. The Bertz CT molecular complexity index is 932. The van der Waals surface area contributed by atoms with Gasteiger partial charge in [-0.3, -0.25) is 4.79 Å². The molecule has 1 aliphatic rings. The maximum absolute atomic E-state index is 12.9. The highest BCUT2D eigenvalue weighted by molar-refractivity contribution is 7.89. The fourth-order valence-corrected chi connectivity index (χ4v) is 4.81. The molecule has 0 aliphatic carbocycles. The molecule has 0 unspecified atom stereocenters. The van der Waals surface area contributed by atoms with Crippen LogP contribution in [-0.2, 0) is 10.0 Å². The van der Waals surface area contributed by atoms with Gasteiger partial charge in [0.1, 0.15) is 5.75 Å². The maximum Gasteiger partial charge on any atom is 0.254 e. The Morgan fingerprint density at radius 1 is 1.00 bits per heavy atom. The minimum absolute atomic E-state index is 0.0342. The minimum atomic E-state index is -3.58. The number of hydrogen-bond acceptors (Lipinski definition) is 4. The molecule has 0 bridgehead atoms. The van der Waals surface area contributed by atoms with E-state index in [0.717, 1.165) is 5.56 Å². The van der Waals surface area contributed by atoms with Crippen LogP contribution < -0.4 is 0 Å². The lowest BCUT2D eigenvalue weighted by molar-refractivity contribution is 0.0697. The van der Waals surface area contributed by atoms with Crippen LogP contribution in [0.4, 0.5) is 0 Å². The zero-order valence-corrected chi connectivity index (χ0v) is 15.7. The molecule has 6 nitrogen and oxygen atoms in total. The number of piperazine rings is 1. The van der Waals surface area contributed by atoms with Crippen molar-refractivity contribution in [3.05, 3.63) is 59.2 Å². The monoisotopic (exact) mass is 374 g/mol. The Labute approximate surface area is 153 Å². The number of amides is 1. The third-order valence-electron chi connectivity index (χ3n) is 4.58. The molecular weight excluding hydrogens is 352 g/mol. The highest BCUT2D eigenvalue weighted by Gasteiger charge is 2.31. The summed E-state index contributed by atoms with van der Waals surface area (Å²) in [6.07, 6.45) is 0. The minimum Gasteiger partial charge on any atom is -0.508 e. The Morgan fingerprint density at radius 2 is 1.69 bits per heavy atom. The summed E-state index contributed by atoms with van der Waals surface area (Å²) in [5, 5.41) is 9.53. The largest absolute Gasteiger partial charge is 0.508 e. The van der Waals surface area contributed by atoms with E-state index in [2.05, 4.69) is 0 Å². The number of phenols is 1. The number of nitrogens with zero attached hydrogens (tertiary/aromatic N) is 2. The Hall–Kier alpha value is -2.38. The van der Waals surface area contributed by atoms with E-state index in [1.165, 1.54) is 16.4 Å². The van der Waals surface area contributed by atoms with Gasteiger partial charge >= 0.3 is 0 Å². The lowest BCUT2D eigenvalue weighted by Crippen LogP contribution is -2.50. The molecular formula is C19H22N2O4S. The average Bonchev–Trinajstić information content (AvgIpc) is 2.63. The average molecular weight is 374 g/mol. The molecule has 0 aromatic heterocycles. The number of hydrogen-bond donors (Lipinski definition) is 1. The number of carbonyl (C=O) groups is 1. The van der Waals surface area contributed by atoms with Gasteiger partial charge in [-0.25, -0.2) is 8.42 Å². The lowest BCUT2D eigenvalue weighted by Gasteiger charge is -2.34. The maximum atomic E-state index is 12.9. The second-order valence-corrected chi connectivity index (χ2v) is 8.42. The van der Waals surface area contributed by atoms with E-state index in [1.54, 1.807) is 30.0 Å². The summed E-state index contributed by atoms with van der Waals surface area (Å²) in [5.74, 6) is -0.170. The van der Waals surface area contributed by atoms with Crippen molar-refractivity contribution in [2.75, 3.05) is 26.2 Å². The summed E-state index contributed by atoms with van der Waals surface area (Å²) in [5.41, 5.74) is 2.01. The smallest absolute Gasteiger partial charge is 0.254 e. The van der Waals surface area contributed by atoms with Gasteiger partial charge < -0.3 is 10.0 Å². The number of phenolic OH excluding ortho intramolecular Hbond substituents is 1. The highest BCUT2D eigenvalue weighted by atomic mass is 32.2. The Morgan fingerprint density at radius 3 is 2.35 bits per heavy atom. The Balaban J connectivity index is 1.74. The van der Waals surface area contributed by atoms with E-state index >= 15 is 0 Å². The summed E-state index contributed by atoms with van der Waals surface area (Å²) in [6.45, 7) is 4.79. The molecule has 2 aromatic carbocycles. The molecule has 0 radical (unpaired) electrons. The molecule has 2 aromatic rings. The first-order valence-electron chi connectivity index (χ1n) is 8.45. The highest BCUT2D eigenvalue weighted by Crippen LogP contribution is 2.23. The quantitative estimate of drug-likeness (QED) is 0.893. The molecule has 1 heterocycles. The molecule has 1 aliphatic heterocycles. The lowest BCUT2D eigenvalue weighted by atomic mass is 10.2. The van der Waals surface area contributed by atoms with E-state index in [4.69, 9.17) is 0 Å². The van der Waals surface area contributed by atoms with E-state index in [9.17, 15) is 18.3 Å². The second-order valence-electron chi connectivity index (χ2n) is 6.52. The molecule has 138 valence electrons. The number of benzene rings is 2. The SMILES string of the molecule is Cc1ccc(C)c(S(=O)(=O)N2CCN(C(=O)c3cccc(O)c3)CC2)c1. The van der Waals surface area contributed by atoms with Crippen molar-refractivity contribution < 1.29 is 18.3 Å². The summed E-state index contributed by atoms with van der Waals surface area (Å²) in [6, 6.07) is 11.6. The van der Waals surface area contributed by atoms with E-state index in [1.807, 2.05) is 19.1 Å². The zero-order valence-electron chi connectivity index (χ0n) is 14.8. The first-order chi connectivity index (χ1) is 12.3. The summed E-state index contributed by atoms with van der Waals surface area (Å²) < 4.78 is 27.3. The molecule has 0 saturated carbocycles. The van der Waals surface area contributed by atoms with Crippen molar-refractivity contribution in [1.29, 1.82) is 0 Å². The van der Waals surface area contributed by atoms with Crippen LogP contribution in [0, 0.1) is 13.8 Å². The number of rotatable bonds is 3.